The average molecular weight is 497 g/mol. The molecule has 0 saturated heterocycles. The third-order valence-electron chi connectivity index (χ3n) is 7.45. The number of carbonyl (C=O) groups excluding carboxylic acids is 2. The summed E-state index contributed by atoms with van der Waals surface area (Å²) in [5.74, 6) is -1.51. The van der Waals surface area contributed by atoms with Gasteiger partial charge in [0.1, 0.15) is 18.0 Å². The fraction of sp³-hybridized carbons (Fsp3) is 0.714. The molecule has 196 valence electrons. The van der Waals surface area contributed by atoms with Gasteiger partial charge in [0, 0.05) is 0 Å². The van der Waals surface area contributed by atoms with Crippen LogP contribution in [0.1, 0.15) is 114 Å². The second kappa shape index (κ2) is 13.3. The Balaban J connectivity index is 1.47. The number of benzene rings is 1. The number of halogens is 3. The Morgan fingerprint density at radius 2 is 1.26 bits per heavy atom. The molecule has 0 N–H and O–H groups in total. The van der Waals surface area contributed by atoms with Crippen molar-refractivity contribution in [1.29, 1.82) is 0 Å². The molecule has 35 heavy (non-hydrogen) atoms. The lowest BCUT2D eigenvalue weighted by molar-refractivity contribution is -0.157. The van der Waals surface area contributed by atoms with Gasteiger partial charge < -0.3 is 9.47 Å². The largest absolute Gasteiger partial charge is 0.460 e. The number of alkyl halides is 2. The minimum atomic E-state index is -1.56. The van der Waals surface area contributed by atoms with Crippen molar-refractivity contribution in [1.82, 2.24) is 0 Å². The molecule has 7 heteroatoms. The topological polar surface area (TPSA) is 52.6 Å². The highest BCUT2D eigenvalue weighted by Gasteiger charge is 2.30. The van der Waals surface area contributed by atoms with Gasteiger partial charge in [-0.1, -0.05) is 38.8 Å². The Bertz CT molecular complexity index is 829. The summed E-state index contributed by atoms with van der Waals surface area (Å²) in [6.45, 7) is 3.65. The molecule has 0 amide bonds. The van der Waals surface area contributed by atoms with Crippen molar-refractivity contribution in [2.75, 3.05) is 0 Å². The van der Waals surface area contributed by atoms with E-state index in [4.69, 9.17) is 9.47 Å². The second-order valence-corrected chi connectivity index (χ2v) is 10.1. The number of esters is 2. The van der Waals surface area contributed by atoms with Gasteiger partial charge in [-0.15, -0.1) is 0 Å². The fourth-order valence-corrected chi connectivity index (χ4v) is 5.35. The molecular weight excluding hydrogens is 457 g/mol. The molecule has 3 rings (SSSR count). The zero-order valence-corrected chi connectivity index (χ0v) is 20.9. The second-order valence-electron chi connectivity index (χ2n) is 10.1. The minimum absolute atomic E-state index is 0.0581. The average Bonchev–Trinajstić information content (AvgIpc) is 2.85. The van der Waals surface area contributed by atoms with Crippen LogP contribution in [0.2, 0.25) is 0 Å². The Morgan fingerprint density at radius 3 is 1.69 bits per heavy atom. The van der Waals surface area contributed by atoms with Gasteiger partial charge in [-0.2, -0.15) is 0 Å². The van der Waals surface area contributed by atoms with Crippen LogP contribution < -0.4 is 0 Å². The van der Waals surface area contributed by atoms with Gasteiger partial charge in [-0.3, -0.25) is 0 Å². The third kappa shape index (κ3) is 7.71. The van der Waals surface area contributed by atoms with Gasteiger partial charge in [0.15, 0.2) is 12.3 Å². The summed E-state index contributed by atoms with van der Waals surface area (Å²) >= 11 is 0. The zero-order chi connectivity index (χ0) is 25.4. The maximum Gasteiger partial charge on any atom is 0.340 e. The highest BCUT2D eigenvalue weighted by atomic mass is 19.1. The minimum Gasteiger partial charge on any atom is -0.460 e. The first-order chi connectivity index (χ1) is 16.8. The van der Waals surface area contributed by atoms with Gasteiger partial charge in [0.25, 0.3) is 0 Å². The van der Waals surface area contributed by atoms with E-state index in [0.29, 0.717) is 56.9 Å². The van der Waals surface area contributed by atoms with Crippen LogP contribution in [0.5, 0.6) is 0 Å². The van der Waals surface area contributed by atoms with Crippen molar-refractivity contribution in [2.24, 2.45) is 0 Å². The Morgan fingerprint density at radius 1 is 0.800 bits per heavy atom. The zero-order valence-electron chi connectivity index (χ0n) is 20.9. The first-order valence-electron chi connectivity index (χ1n) is 13.3. The lowest BCUT2D eigenvalue weighted by Gasteiger charge is -2.30. The molecule has 1 aromatic rings. The first kappa shape index (κ1) is 27.5. The van der Waals surface area contributed by atoms with Crippen molar-refractivity contribution < 1.29 is 32.2 Å². The van der Waals surface area contributed by atoms with Crippen LogP contribution >= 0.6 is 0 Å². The van der Waals surface area contributed by atoms with Crippen molar-refractivity contribution in [3.8, 4) is 0 Å². The quantitative estimate of drug-likeness (QED) is 0.320. The van der Waals surface area contributed by atoms with Gasteiger partial charge >= 0.3 is 11.9 Å². The van der Waals surface area contributed by atoms with Crippen LogP contribution in [0.4, 0.5) is 13.2 Å². The monoisotopic (exact) mass is 496 g/mol. The standard InChI is InChI=1S/C28H39F3O4/c1-3-5-24(29)27(32)34-21-12-7-18(8-13-21)20-11-16-23(26(31)17-20)19-9-14-22(15-10-19)35-28(33)25(30)6-4-2/h11,16-19,21-22,24-25H,3-10,12-15H2,1-2H3/t18?,19?,21?,22?,24-,25-/m0/s1. The predicted octanol–water partition coefficient (Wildman–Crippen LogP) is 7.24. The van der Waals surface area contributed by atoms with E-state index in [1.54, 1.807) is 6.07 Å². The van der Waals surface area contributed by atoms with Crippen LogP contribution in [0.25, 0.3) is 0 Å². The first-order valence-corrected chi connectivity index (χ1v) is 13.3. The van der Waals surface area contributed by atoms with Gasteiger partial charge in [0.2, 0.25) is 0 Å². The molecular formula is C28H39F3O4. The van der Waals surface area contributed by atoms with Gasteiger partial charge in [0.05, 0.1) is 0 Å². The van der Waals surface area contributed by atoms with Crippen molar-refractivity contribution >= 4 is 11.9 Å². The van der Waals surface area contributed by atoms with E-state index >= 15 is 4.39 Å². The maximum atomic E-state index is 15.1. The summed E-state index contributed by atoms with van der Waals surface area (Å²) in [6.07, 6.45) is 3.32. The van der Waals surface area contributed by atoms with Crippen LogP contribution in [0.15, 0.2) is 18.2 Å². The molecule has 0 bridgehead atoms. The number of ether oxygens (including phenoxy) is 2. The molecule has 2 saturated carbocycles. The molecule has 2 aliphatic rings. The third-order valence-corrected chi connectivity index (χ3v) is 7.45. The molecule has 1 aromatic carbocycles. The summed E-state index contributed by atoms with van der Waals surface area (Å²) in [4.78, 5) is 23.7. The molecule has 4 nitrogen and oxygen atoms in total. The molecule has 0 spiro atoms. The molecule has 0 radical (unpaired) electrons. The smallest absolute Gasteiger partial charge is 0.340 e. The highest BCUT2D eigenvalue weighted by Crippen LogP contribution is 2.39. The fourth-order valence-electron chi connectivity index (χ4n) is 5.35. The molecule has 2 aliphatic carbocycles. The van der Waals surface area contributed by atoms with Crippen molar-refractivity contribution in [3.63, 3.8) is 0 Å². The molecule has 2 fully saturated rings. The van der Waals surface area contributed by atoms with E-state index in [1.165, 1.54) is 0 Å². The summed E-state index contributed by atoms with van der Waals surface area (Å²) in [5.41, 5.74) is 1.62. The lowest BCUT2D eigenvalue weighted by Crippen LogP contribution is -2.28. The molecule has 0 unspecified atom stereocenters. The summed E-state index contributed by atoms with van der Waals surface area (Å²) < 4.78 is 53.1. The normalized spacial score (nSPS) is 26.5. The van der Waals surface area contributed by atoms with E-state index in [2.05, 4.69) is 0 Å². The highest BCUT2D eigenvalue weighted by molar-refractivity contribution is 5.75. The van der Waals surface area contributed by atoms with Crippen molar-refractivity contribution in [3.05, 3.63) is 35.1 Å². The summed E-state index contributed by atoms with van der Waals surface area (Å²) in [6, 6.07) is 5.47. The molecule has 0 aromatic heterocycles. The van der Waals surface area contributed by atoms with E-state index in [-0.39, 0.29) is 42.7 Å². The Kier molecular flexibility index (Phi) is 10.5. The Hall–Kier alpha value is -2.05. The van der Waals surface area contributed by atoms with Crippen LogP contribution in [0.3, 0.4) is 0 Å². The van der Waals surface area contributed by atoms with E-state index in [1.807, 2.05) is 26.0 Å². The van der Waals surface area contributed by atoms with Gasteiger partial charge in [-0.25, -0.2) is 22.8 Å². The van der Waals surface area contributed by atoms with Crippen LogP contribution in [-0.2, 0) is 19.1 Å². The number of hydrogen-bond donors (Lipinski definition) is 0. The van der Waals surface area contributed by atoms with E-state index < -0.39 is 24.3 Å². The van der Waals surface area contributed by atoms with Gasteiger partial charge in [-0.05, 0) is 93.2 Å². The number of hydrogen-bond acceptors (Lipinski definition) is 4. The van der Waals surface area contributed by atoms with E-state index in [9.17, 15) is 18.4 Å². The van der Waals surface area contributed by atoms with E-state index in [0.717, 1.165) is 18.4 Å². The molecule has 0 aliphatic heterocycles. The molecule has 2 atom stereocenters. The summed E-state index contributed by atoms with van der Waals surface area (Å²) in [7, 11) is 0. The number of rotatable bonds is 10. The summed E-state index contributed by atoms with van der Waals surface area (Å²) in [5, 5.41) is 0. The van der Waals surface area contributed by atoms with Crippen LogP contribution in [0, 0.1) is 5.82 Å². The Labute approximate surface area is 206 Å². The van der Waals surface area contributed by atoms with Crippen LogP contribution in [-0.4, -0.2) is 36.5 Å². The van der Waals surface area contributed by atoms with Crippen molar-refractivity contribution in [2.45, 2.75) is 127 Å². The number of carbonyl (C=O) groups is 2. The molecule has 0 heterocycles. The SMILES string of the molecule is CCC[C@H](F)C(=O)OC1CCC(c2ccc(C3CCC(OC(=O)[C@@H](F)CCC)CC3)c(F)c2)CC1. The predicted molar refractivity (Wildman–Crippen MR) is 128 cm³/mol. The maximum absolute atomic E-state index is 15.1. The lowest BCUT2D eigenvalue weighted by atomic mass is 9.79.